The number of nitrogens with zero attached hydrogens (tertiary/aromatic N) is 3. The van der Waals surface area contributed by atoms with Crippen LogP contribution in [0.15, 0.2) is 67.0 Å². The zero-order valence-electron chi connectivity index (χ0n) is 16.5. The van der Waals surface area contributed by atoms with E-state index in [4.69, 9.17) is 21.7 Å². The molecule has 150 valence electrons. The number of pyridine rings is 1. The molecule has 1 fully saturated rings. The fraction of sp³-hybridized carbons (Fsp3) is 0.273. The number of nitrogens with one attached hydrogen (secondary N) is 1. The van der Waals surface area contributed by atoms with Gasteiger partial charge in [-0.2, -0.15) is 0 Å². The third-order valence-electron chi connectivity index (χ3n) is 5.15. The third-order valence-corrected chi connectivity index (χ3v) is 5.47. The lowest BCUT2D eigenvalue weighted by molar-refractivity contribution is 0.186. The summed E-state index contributed by atoms with van der Waals surface area (Å²) in [6, 6.07) is 18.0. The molecule has 1 aliphatic heterocycles. The highest BCUT2D eigenvalue weighted by Gasteiger charge is 2.41. The van der Waals surface area contributed by atoms with E-state index in [1.165, 1.54) is 0 Å². The molecule has 29 heavy (non-hydrogen) atoms. The molecule has 0 radical (unpaired) electrons. The third kappa shape index (κ3) is 3.83. The topological polar surface area (TPSA) is 51.5 Å². The number of ether oxygens (including phenoxy) is 2. The van der Waals surface area contributed by atoms with E-state index >= 15 is 0 Å². The van der Waals surface area contributed by atoms with Crippen LogP contribution in [0.3, 0.4) is 0 Å². The first kappa shape index (κ1) is 19.4. The molecular formula is C22H24N4O2S. The largest absolute Gasteiger partial charge is 0.497 e. The van der Waals surface area contributed by atoms with Crippen molar-refractivity contribution in [3.05, 3.63) is 78.4 Å². The maximum atomic E-state index is 5.76. The molecule has 0 unspecified atom stereocenters. The van der Waals surface area contributed by atoms with Gasteiger partial charge < -0.3 is 24.3 Å². The van der Waals surface area contributed by atoms with Crippen LogP contribution >= 0.6 is 12.2 Å². The predicted octanol–water partition coefficient (Wildman–Crippen LogP) is 3.72. The first-order valence-corrected chi connectivity index (χ1v) is 9.92. The van der Waals surface area contributed by atoms with Gasteiger partial charge in [0.15, 0.2) is 5.11 Å². The van der Waals surface area contributed by atoms with Crippen molar-refractivity contribution in [1.29, 1.82) is 0 Å². The summed E-state index contributed by atoms with van der Waals surface area (Å²) in [4.78, 5) is 6.76. The van der Waals surface area contributed by atoms with Crippen molar-refractivity contribution in [2.24, 2.45) is 0 Å². The quantitative estimate of drug-likeness (QED) is 0.602. The highest BCUT2D eigenvalue weighted by atomic mass is 32.1. The molecule has 3 aromatic rings. The summed E-state index contributed by atoms with van der Waals surface area (Å²) >= 11 is 5.76. The summed E-state index contributed by atoms with van der Waals surface area (Å²) in [6.45, 7) is 1.41. The molecule has 1 aromatic carbocycles. The van der Waals surface area contributed by atoms with Gasteiger partial charge in [0.2, 0.25) is 0 Å². The molecule has 0 saturated carbocycles. The Morgan fingerprint density at radius 1 is 1.07 bits per heavy atom. The molecule has 4 rings (SSSR count). The summed E-state index contributed by atoms with van der Waals surface area (Å²) < 4.78 is 12.8. The van der Waals surface area contributed by atoms with Crippen LogP contribution in [0.2, 0.25) is 0 Å². The lowest BCUT2D eigenvalue weighted by Crippen LogP contribution is -2.30. The molecule has 0 amide bonds. The van der Waals surface area contributed by atoms with Crippen LogP contribution in [0.5, 0.6) is 5.75 Å². The Bertz CT molecular complexity index is 958. The average molecular weight is 409 g/mol. The summed E-state index contributed by atoms with van der Waals surface area (Å²) in [6.07, 6.45) is 3.90. The summed E-state index contributed by atoms with van der Waals surface area (Å²) in [5.41, 5.74) is 3.11. The van der Waals surface area contributed by atoms with E-state index in [9.17, 15) is 0 Å². The fourth-order valence-electron chi connectivity index (χ4n) is 3.77. The minimum absolute atomic E-state index is 0.0438. The van der Waals surface area contributed by atoms with Crippen molar-refractivity contribution in [2.75, 3.05) is 25.7 Å². The minimum atomic E-state index is -0.0676. The molecule has 3 heterocycles. The molecule has 0 aliphatic carbocycles. The van der Waals surface area contributed by atoms with Crippen molar-refractivity contribution in [3.63, 3.8) is 0 Å². The number of benzene rings is 1. The summed E-state index contributed by atoms with van der Waals surface area (Å²) in [5.74, 6) is 0.813. The number of hydrogen-bond acceptors (Lipinski definition) is 4. The van der Waals surface area contributed by atoms with Gasteiger partial charge >= 0.3 is 0 Å². The van der Waals surface area contributed by atoms with Gasteiger partial charge in [-0.1, -0.05) is 6.07 Å². The highest BCUT2D eigenvalue weighted by Crippen LogP contribution is 2.41. The van der Waals surface area contributed by atoms with Crippen LogP contribution in [0.25, 0.3) is 0 Å². The second-order valence-electron chi connectivity index (χ2n) is 6.81. The Morgan fingerprint density at radius 2 is 1.90 bits per heavy atom. The van der Waals surface area contributed by atoms with Crippen molar-refractivity contribution in [1.82, 2.24) is 14.9 Å². The van der Waals surface area contributed by atoms with Gasteiger partial charge in [-0.25, -0.2) is 0 Å². The Kier molecular flexibility index (Phi) is 5.78. The summed E-state index contributed by atoms with van der Waals surface area (Å²) in [5, 5.41) is 4.16. The van der Waals surface area contributed by atoms with Crippen LogP contribution in [-0.2, 0) is 11.3 Å². The molecule has 2 atom stereocenters. The predicted molar refractivity (Wildman–Crippen MR) is 117 cm³/mol. The van der Waals surface area contributed by atoms with Crippen molar-refractivity contribution >= 4 is 23.0 Å². The lowest BCUT2D eigenvalue weighted by atomic mass is 10.0. The standard InChI is InChI=1S/C22H24N4O2S/c1-27-15-14-25-13-5-7-19(25)21-20(18-6-3-4-12-23-18)24-22(29)26(21)16-8-10-17(28-2)11-9-16/h3-13,20-21H,14-15H2,1-2H3,(H,24,29)/t20-,21+/m1/s1. The fourth-order valence-corrected chi connectivity index (χ4v) is 4.11. The van der Waals surface area contributed by atoms with Crippen LogP contribution in [0.4, 0.5) is 5.69 Å². The second-order valence-corrected chi connectivity index (χ2v) is 7.20. The van der Waals surface area contributed by atoms with E-state index in [1.807, 2.05) is 48.7 Å². The SMILES string of the molecule is COCCn1cccc1[C@H]1[C@@H](c2ccccn2)NC(=S)N1c1ccc(OC)cc1. The Labute approximate surface area is 176 Å². The van der Waals surface area contributed by atoms with Gasteiger partial charge in [0.05, 0.1) is 25.5 Å². The monoisotopic (exact) mass is 408 g/mol. The molecule has 0 spiro atoms. The zero-order valence-corrected chi connectivity index (χ0v) is 17.3. The number of anilines is 1. The molecule has 2 aromatic heterocycles. The molecular weight excluding hydrogens is 384 g/mol. The van der Waals surface area contributed by atoms with Gasteiger partial charge in [0.1, 0.15) is 11.8 Å². The van der Waals surface area contributed by atoms with Crippen molar-refractivity contribution < 1.29 is 9.47 Å². The molecule has 1 aliphatic rings. The van der Waals surface area contributed by atoms with Crippen LogP contribution in [0, 0.1) is 0 Å². The number of hydrogen-bond donors (Lipinski definition) is 1. The Morgan fingerprint density at radius 3 is 2.59 bits per heavy atom. The van der Waals surface area contributed by atoms with Gasteiger partial charge in [-0.15, -0.1) is 0 Å². The zero-order chi connectivity index (χ0) is 20.2. The Hall–Kier alpha value is -2.90. The average Bonchev–Trinajstić information content (AvgIpc) is 3.36. The Balaban J connectivity index is 1.78. The molecule has 1 saturated heterocycles. The molecule has 6 nitrogen and oxygen atoms in total. The molecule has 1 N–H and O–H groups in total. The van der Waals surface area contributed by atoms with E-state index in [-0.39, 0.29) is 12.1 Å². The molecule has 0 bridgehead atoms. The smallest absolute Gasteiger partial charge is 0.174 e. The molecule has 7 heteroatoms. The first-order chi connectivity index (χ1) is 14.2. The maximum absolute atomic E-state index is 5.76. The first-order valence-electron chi connectivity index (χ1n) is 9.51. The number of thiocarbonyl (C=S) groups is 1. The van der Waals surface area contributed by atoms with E-state index in [0.717, 1.165) is 29.4 Å². The van der Waals surface area contributed by atoms with Crippen LogP contribution < -0.4 is 15.0 Å². The maximum Gasteiger partial charge on any atom is 0.174 e. The minimum Gasteiger partial charge on any atom is -0.497 e. The van der Waals surface area contributed by atoms with E-state index in [2.05, 4.69) is 38.1 Å². The number of rotatable bonds is 7. The second kappa shape index (κ2) is 8.63. The highest BCUT2D eigenvalue weighted by molar-refractivity contribution is 7.80. The van der Waals surface area contributed by atoms with Gasteiger partial charge in [-0.3, -0.25) is 4.98 Å². The van der Waals surface area contributed by atoms with E-state index in [1.54, 1.807) is 14.2 Å². The van der Waals surface area contributed by atoms with Crippen LogP contribution in [0.1, 0.15) is 23.5 Å². The van der Waals surface area contributed by atoms with Gasteiger partial charge in [0, 0.05) is 37.4 Å². The van der Waals surface area contributed by atoms with Crippen molar-refractivity contribution in [2.45, 2.75) is 18.6 Å². The van der Waals surface area contributed by atoms with Crippen LogP contribution in [-0.4, -0.2) is 35.5 Å². The number of methoxy groups -OCH3 is 2. The van der Waals surface area contributed by atoms with E-state index < -0.39 is 0 Å². The van der Waals surface area contributed by atoms with E-state index in [0.29, 0.717) is 11.7 Å². The van der Waals surface area contributed by atoms with Gasteiger partial charge in [0.25, 0.3) is 0 Å². The normalized spacial score (nSPS) is 18.7. The lowest BCUT2D eigenvalue weighted by Gasteiger charge is -2.29. The van der Waals surface area contributed by atoms with Gasteiger partial charge in [-0.05, 0) is 60.7 Å². The van der Waals surface area contributed by atoms with Crippen molar-refractivity contribution in [3.8, 4) is 5.75 Å². The summed E-state index contributed by atoms with van der Waals surface area (Å²) in [7, 11) is 3.38. The number of aromatic nitrogens is 2.